The number of hydrogen-bond acceptors (Lipinski definition) is 22. The van der Waals surface area contributed by atoms with Crippen molar-refractivity contribution in [3.8, 4) is 28.4 Å². The summed E-state index contributed by atoms with van der Waals surface area (Å²) in [5, 5.41) is 6.15. The number of anilines is 1. The highest BCUT2D eigenvalue weighted by molar-refractivity contribution is 9.11. The number of halogens is 6. The third-order valence-corrected chi connectivity index (χ3v) is 18.2. The van der Waals surface area contributed by atoms with Crippen molar-refractivity contribution in [3.63, 3.8) is 0 Å². The van der Waals surface area contributed by atoms with Gasteiger partial charge in [0.1, 0.15) is 17.2 Å². The first-order valence-corrected chi connectivity index (χ1v) is 44.6. The normalized spacial score (nSPS) is 9.17. The lowest BCUT2D eigenvalue weighted by Gasteiger charge is -2.10. The molecule has 16 aromatic heterocycles. The van der Waals surface area contributed by atoms with E-state index < -0.39 is 0 Å². The minimum Gasteiger partial charge on any atom is -0.495 e. The van der Waals surface area contributed by atoms with Gasteiger partial charge in [-0.25, -0.2) is 4.79 Å². The van der Waals surface area contributed by atoms with E-state index in [0.29, 0.717) is 37.2 Å². The van der Waals surface area contributed by atoms with Crippen molar-refractivity contribution < 1.29 is 23.7 Å². The Hall–Kier alpha value is -14.6. The lowest BCUT2D eigenvalue weighted by Crippen LogP contribution is -2.07. The smallest absolute Gasteiger partial charge is 0.339 e. The minimum absolute atomic E-state index is 0.354. The van der Waals surface area contributed by atoms with Gasteiger partial charge in [-0.3, -0.25) is 79.7 Å². The van der Waals surface area contributed by atoms with Crippen LogP contribution in [0.2, 0.25) is 20.1 Å². The second-order valence-electron chi connectivity index (χ2n) is 27.5. The number of methoxy groups -OCH3 is 4. The van der Waals surface area contributed by atoms with Gasteiger partial charge in [0.2, 0.25) is 0 Å². The fraction of sp³-hybridized carbons (Fsp3) is 0.120. The summed E-state index contributed by atoms with van der Waals surface area (Å²) in [6.07, 6.45) is 51.9. The number of aryl methyl sites for hydroxylation is 7. The van der Waals surface area contributed by atoms with E-state index in [4.69, 9.17) is 60.6 Å². The number of aromatic nitrogens is 16. The number of ether oxygens (including phenoxy) is 4. The molecule has 698 valence electrons. The van der Waals surface area contributed by atoms with E-state index in [1.807, 2.05) is 267 Å². The van der Waals surface area contributed by atoms with Crippen LogP contribution in [0.25, 0.3) is 32.8 Å². The molecule has 0 aliphatic heterocycles. The van der Waals surface area contributed by atoms with E-state index >= 15 is 0 Å². The van der Waals surface area contributed by atoms with E-state index in [1.165, 1.54) is 92.1 Å². The first-order valence-electron chi connectivity index (χ1n) is 41.6. The molecule has 0 spiro atoms. The van der Waals surface area contributed by atoms with Crippen LogP contribution >= 0.6 is 78.3 Å². The van der Waals surface area contributed by atoms with Gasteiger partial charge < -0.3 is 23.8 Å². The average Bonchev–Trinajstić information content (AvgIpc) is 0.865. The van der Waals surface area contributed by atoms with E-state index in [9.17, 15) is 4.79 Å². The molecule has 3 aromatic carbocycles. The van der Waals surface area contributed by atoms with Gasteiger partial charge in [0.25, 0.3) is 0 Å². The lowest BCUT2D eigenvalue weighted by atomic mass is 10.1. The van der Waals surface area contributed by atoms with Crippen molar-refractivity contribution in [1.29, 1.82) is 0 Å². The average molecular weight is 2030 g/mol. The third kappa shape index (κ3) is 56.3. The van der Waals surface area contributed by atoms with E-state index in [2.05, 4.69) is 173 Å². The number of nitrogens with zero attached hydrogens (tertiary/aromatic N) is 17. The predicted molar refractivity (Wildman–Crippen MR) is 562 cm³/mol. The topological polar surface area (TPSA) is 263 Å². The number of carbonyl (C=O) groups is 1. The molecule has 0 N–H and O–H groups in total. The number of para-hydroxylation sites is 1. The van der Waals surface area contributed by atoms with Crippen LogP contribution in [0, 0.1) is 48.5 Å². The zero-order valence-corrected chi connectivity index (χ0v) is 84.0. The third-order valence-electron chi connectivity index (χ3n) is 16.5. The van der Waals surface area contributed by atoms with Gasteiger partial charge >= 0.3 is 5.97 Å². The Morgan fingerprint density at radius 1 is 0.279 bits per heavy atom. The molecule has 0 aliphatic carbocycles. The molecule has 19 aromatic rings. The quantitative estimate of drug-likeness (QED) is 0.140. The number of pyridine rings is 16. The van der Waals surface area contributed by atoms with Crippen LogP contribution in [0.1, 0.15) is 49.4 Å². The molecule has 0 bridgehead atoms. The van der Waals surface area contributed by atoms with Crippen LogP contribution in [0.15, 0.2) is 438 Å². The molecule has 0 amide bonds. The number of esters is 1. The second kappa shape index (κ2) is 72.9. The molecule has 136 heavy (non-hydrogen) atoms. The maximum Gasteiger partial charge on any atom is 0.339 e. The first-order chi connectivity index (χ1) is 66.0. The zero-order valence-electron chi connectivity index (χ0n) is 77.8. The fourth-order valence-corrected chi connectivity index (χ4v) is 11.3. The number of benzene rings is 3. The zero-order chi connectivity index (χ0) is 98.7. The predicted octanol–water partition coefficient (Wildman–Crippen LogP) is 27.5. The highest BCUT2D eigenvalue weighted by Gasteiger charge is 2.02. The molecule has 22 nitrogen and oxygen atoms in total. The largest absolute Gasteiger partial charge is 0.495 e. The van der Waals surface area contributed by atoms with Crippen LogP contribution in [0.5, 0.6) is 17.2 Å². The molecule has 0 aliphatic rings. The molecule has 0 saturated carbocycles. The van der Waals surface area contributed by atoms with Crippen molar-refractivity contribution in [1.82, 2.24) is 79.7 Å². The standard InChI is InChI=1S/C11H9N.2C9H7N.C7H10N2.C7H9NO2.C7H7NO2.2C7H9N.C6H7NO.3C6H7N.C5H3Br2N.C5H3Cl2N.2C5H4ClN/c1-2-4-10(5-3-1)11-6-8-12-9-7-11;1-2-6-9-8(4-1)5-3-7-10-9;1-2-4-9-7-10-6-5-8(9)3-1;1-9(2)7-3-5-8-6-4-7;1-9-6-3-7(10-2)5-8-4-6;1-10-7(9)6-3-2-4-8-5-6;1-6-3-7(2)5-8-4-6;1-6-3-4-8-5-7(6)2;1-8-6-3-2-4-7-5-6;1-6-2-4-7-5-3-6;1-6-3-2-4-7-5-6;1-6-4-2-3-5-7-6;2*6-4-1-5(7)3-8-2-4;2*6-5-2-1-3-7-4-5/h1-9H;2*1-7H;3-6H,1-2H3;3-5H,1-2H3;2-5H,1H3;2*3-5H,1-2H3;2-5H,1H3;3*2-5H,1H3;2*1-3H;2*1-4H. The minimum atomic E-state index is -0.354. The van der Waals surface area contributed by atoms with Crippen molar-refractivity contribution in [2.24, 2.45) is 0 Å². The van der Waals surface area contributed by atoms with Gasteiger partial charge in [-0.2, -0.15) is 0 Å². The van der Waals surface area contributed by atoms with Gasteiger partial charge in [-0.15, -0.1) is 0 Å². The molecule has 0 saturated heterocycles. The Labute approximate surface area is 835 Å². The SMILES string of the molecule is Brc1cncc(Br)c1.CN(C)c1ccncc1.COC(=O)c1cccnc1.COc1cccnc1.COc1cncc(OC)c1.Cc1ccccn1.Cc1cccnc1.Cc1ccncc1.Cc1ccncc1C.Cc1cncc(C)c1.Clc1cccnc1.Clc1cccnc1.Clc1cncc(Cl)c1.c1ccc(-c2ccncc2)cc1.c1ccc2cnccc2c1.c1ccc2ncccc2c1. The van der Waals surface area contributed by atoms with E-state index in [-0.39, 0.29) is 5.97 Å². The summed E-state index contributed by atoms with van der Waals surface area (Å²) in [7, 11) is 10.2. The van der Waals surface area contributed by atoms with Gasteiger partial charge in [-0.1, -0.05) is 143 Å². The summed E-state index contributed by atoms with van der Waals surface area (Å²) < 4.78 is 21.1. The van der Waals surface area contributed by atoms with Crippen molar-refractivity contribution in [3.05, 3.63) is 502 Å². The highest BCUT2D eigenvalue weighted by atomic mass is 79.9. The molecular weight excluding hydrogens is 1920 g/mol. The molecule has 16 heterocycles. The molecule has 0 atom stereocenters. The lowest BCUT2D eigenvalue weighted by molar-refractivity contribution is 0.0600. The van der Waals surface area contributed by atoms with Crippen LogP contribution in [0.4, 0.5) is 5.69 Å². The molecule has 0 fully saturated rings. The molecule has 19 rings (SSSR count). The fourth-order valence-electron chi connectivity index (χ4n) is 9.58. The van der Waals surface area contributed by atoms with Crippen molar-refractivity contribution in [2.45, 2.75) is 48.5 Å². The Balaban J connectivity index is 0.000000304. The summed E-state index contributed by atoms with van der Waals surface area (Å²) in [6.45, 7) is 14.3. The highest BCUT2D eigenvalue weighted by Crippen LogP contribution is 2.20. The molecular formula is C108H109Br2Cl4N17O5. The molecule has 0 radical (unpaired) electrons. The van der Waals surface area contributed by atoms with Crippen LogP contribution < -0.4 is 19.1 Å². The van der Waals surface area contributed by atoms with Gasteiger partial charge in [0.15, 0.2) is 0 Å². The van der Waals surface area contributed by atoms with Crippen LogP contribution in [-0.4, -0.2) is 128 Å². The summed E-state index contributed by atoms with van der Waals surface area (Å²) in [6, 6.07) is 77.9. The molecule has 0 unspecified atom stereocenters. The van der Waals surface area contributed by atoms with E-state index in [0.717, 1.165) is 25.9 Å². The number of fused-ring (bicyclic) bond motifs is 2. The Bertz CT molecular complexity index is 5580. The van der Waals surface area contributed by atoms with Crippen LogP contribution in [0.3, 0.4) is 0 Å². The maximum absolute atomic E-state index is 10.8. The van der Waals surface area contributed by atoms with Gasteiger partial charge in [0.05, 0.1) is 78.2 Å². The van der Waals surface area contributed by atoms with Crippen molar-refractivity contribution in [2.75, 3.05) is 47.4 Å². The summed E-state index contributed by atoms with van der Waals surface area (Å²) in [4.78, 5) is 75.1. The van der Waals surface area contributed by atoms with Crippen LogP contribution in [-0.2, 0) is 4.74 Å². The Morgan fingerprint density at radius 2 is 0.706 bits per heavy atom. The number of hydrogen-bond donors (Lipinski definition) is 0. The van der Waals surface area contributed by atoms with Gasteiger partial charge in [0, 0.05) is 213 Å². The Morgan fingerprint density at radius 3 is 1.08 bits per heavy atom. The van der Waals surface area contributed by atoms with Crippen molar-refractivity contribution >= 4 is 112 Å². The number of carbonyl (C=O) groups excluding carboxylic acids is 1. The molecule has 28 heteroatoms. The van der Waals surface area contributed by atoms with E-state index in [1.54, 1.807) is 175 Å². The second-order valence-corrected chi connectivity index (χ2v) is 31.1. The monoisotopic (exact) mass is 2020 g/mol. The summed E-state index contributed by atoms with van der Waals surface area (Å²) >= 11 is 28.5. The van der Waals surface area contributed by atoms with Gasteiger partial charge in [-0.05, 0) is 275 Å². The summed E-state index contributed by atoms with van der Waals surface area (Å²) in [5.41, 5.74) is 13.7. The first kappa shape index (κ1) is 114. The summed E-state index contributed by atoms with van der Waals surface area (Å²) in [5.74, 6) is 1.86. The number of rotatable bonds is 6. The Kier molecular flexibility index (Phi) is 61.0. The maximum atomic E-state index is 10.8.